The quantitative estimate of drug-likeness (QED) is 0.565. The minimum absolute atomic E-state index is 0.0316. The van der Waals surface area contributed by atoms with Crippen molar-refractivity contribution in [3.05, 3.63) is 95.6 Å². The molecule has 0 aliphatic heterocycles. The van der Waals surface area contributed by atoms with Crippen molar-refractivity contribution in [2.45, 2.75) is 29.8 Å². The van der Waals surface area contributed by atoms with Gasteiger partial charge >= 0.3 is 0 Å². The lowest BCUT2D eigenvalue weighted by Crippen LogP contribution is -2.29. The number of amides is 1. The van der Waals surface area contributed by atoms with Gasteiger partial charge in [-0.05, 0) is 60.4 Å². The van der Waals surface area contributed by atoms with Gasteiger partial charge in [-0.3, -0.25) is 4.79 Å². The van der Waals surface area contributed by atoms with Gasteiger partial charge in [-0.1, -0.05) is 42.5 Å². The first-order valence-corrected chi connectivity index (χ1v) is 11.6. The van der Waals surface area contributed by atoms with Crippen molar-refractivity contribution in [1.82, 2.24) is 10.0 Å². The first-order valence-electron chi connectivity index (χ1n) is 10.1. The number of carbonyl (C=O) groups excluding carboxylic acids is 1. The summed E-state index contributed by atoms with van der Waals surface area (Å²) >= 11 is 0. The molecule has 0 bridgehead atoms. The fourth-order valence-corrected chi connectivity index (χ4v) is 4.59. The first-order chi connectivity index (χ1) is 15.0. The van der Waals surface area contributed by atoms with Crippen molar-refractivity contribution in [3.63, 3.8) is 0 Å². The lowest BCUT2D eigenvalue weighted by Gasteiger charge is -2.20. The Labute approximate surface area is 182 Å². The van der Waals surface area contributed by atoms with E-state index in [0.29, 0.717) is 5.56 Å². The molecule has 4 rings (SSSR count). The highest BCUT2D eigenvalue weighted by Gasteiger charge is 2.28. The molecular formula is C24H24N2O4S. The lowest BCUT2D eigenvalue weighted by molar-refractivity contribution is 0.0943. The van der Waals surface area contributed by atoms with Gasteiger partial charge in [0, 0.05) is 11.6 Å². The summed E-state index contributed by atoms with van der Waals surface area (Å²) < 4.78 is 32.6. The summed E-state index contributed by atoms with van der Waals surface area (Å²) in [4.78, 5) is 13.1. The van der Waals surface area contributed by atoms with Gasteiger partial charge in [0.15, 0.2) is 0 Å². The van der Waals surface area contributed by atoms with Crippen LogP contribution in [0.5, 0.6) is 5.75 Å². The van der Waals surface area contributed by atoms with Crippen molar-refractivity contribution in [1.29, 1.82) is 0 Å². The van der Waals surface area contributed by atoms with Crippen molar-refractivity contribution in [2.75, 3.05) is 7.11 Å². The third kappa shape index (κ3) is 5.13. The number of methoxy groups -OCH3 is 1. The van der Waals surface area contributed by atoms with Crippen molar-refractivity contribution in [3.8, 4) is 5.75 Å². The van der Waals surface area contributed by atoms with E-state index >= 15 is 0 Å². The average molecular weight is 437 g/mol. The molecule has 1 fully saturated rings. The number of hydrogen-bond acceptors (Lipinski definition) is 4. The summed E-state index contributed by atoms with van der Waals surface area (Å²) in [5.74, 6) is 0.447. The van der Waals surface area contributed by atoms with Gasteiger partial charge in [0.2, 0.25) is 10.0 Å². The van der Waals surface area contributed by atoms with Gasteiger partial charge in [-0.25, -0.2) is 13.1 Å². The molecule has 0 heterocycles. The van der Waals surface area contributed by atoms with E-state index in [9.17, 15) is 13.2 Å². The molecule has 1 atom stereocenters. The van der Waals surface area contributed by atoms with Crippen LogP contribution in [0.2, 0.25) is 0 Å². The van der Waals surface area contributed by atoms with E-state index in [1.54, 1.807) is 7.11 Å². The summed E-state index contributed by atoms with van der Waals surface area (Å²) in [7, 11) is -1.94. The minimum Gasteiger partial charge on any atom is -0.497 e. The van der Waals surface area contributed by atoms with Crippen LogP contribution in [0.1, 0.15) is 40.4 Å². The van der Waals surface area contributed by atoms with E-state index in [2.05, 4.69) is 10.0 Å². The summed E-state index contributed by atoms with van der Waals surface area (Å²) in [6.07, 6.45) is 1.73. The second kappa shape index (κ2) is 8.91. The van der Waals surface area contributed by atoms with E-state index in [1.807, 2.05) is 54.6 Å². The standard InChI is InChI=1S/C24H24N2O4S/c1-30-21-13-7-18(8-14-21)23(17-5-3-2-4-6-17)25-24(27)19-9-15-22(16-10-19)31(28,29)26-20-11-12-20/h2-10,13-16,20,23,26H,11-12H2,1H3,(H,25,27). The van der Waals surface area contributed by atoms with Crippen molar-refractivity contribution >= 4 is 15.9 Å². The number of carbonyl (C=O) groups is 1. The SMILES string of the molecule is COc1ccc(C(NC(=O)c2ccc(S(=O)(=O)NC3CC3)cc2)c2ccccc2)cc1. The van der Waals surface area contributed by atoms with Crippen molar-refractivity contribution in [2.24, 2.45) is 0 Å². The number of ether oxygens (including phenoxy) is 1. The molecule has 6 nitrogen and oxygen atoms in total. The molecule has 2 N–H and O–H groups in total. The van der Waals surface area contributed by atoms with E-state index in [0.717, 1.165) is 29.7 Å². The highest BCUT2D eigenvalue weighted by Crippen LogP contribution is 2.25. The van der Waals surface area contributed by atoms with E-state index < -0.39 is 10.0 Å². The lowest BCUT2D eigenvalue weighted by atomic mass is 9.98. The highest BCUT2D eigenvalue weighted by molar-refractivity contribution is 7.89. The Balaban J connectivity index is 1.55. The molecule has 0 radical (unpaired) electrons. The molecule has 3 aromatic carbocycles. The van der Waals surface area contributed by atoms with Gasteiger partial charge < -0.3 is 10.1 Å². The maximum absolute atomic E-state index is 13.0. The molecule has 1 aliphatic rings. The Kier molecular flexibility index (Phi) is 6.06. The predicted molar refractivity (Wildman–Crippen MR) is 119 cm³/mol. The smallest absolute Gasteiger partial charge is 0.252 e. The molecule has 0 saturated heterocycles. The van der Waals surface area contributed by atoms with Gasteiger partial charge in [0.05, 0.1) is 18.0 Å². The topological polar surface area (TPSA) is 84.5 Å². The number of rotatable bonds is 8. The summed E-state index contributed by atoms with van der Waals surface area (Å²) in [6.45, 7) is 0. The molecule has 1 saturated carbocycles. The van der Waals surface area contributed by atoms with Gasteiger partial charge in [0.1, 0.15) is 5.75 Å². The predicted octanol–water partition coefficient (Wildman–Crippen LogP) is 3.66. The van der Waals surface area contributed by atoms with Crippen LogP contribution in [0.15, 0.2) is 83.8 Å². The van der Waals surface area contributed by atoms with Crippen LogP contribution in [-0.4, -0.2) is 27.5 Å². The molecule has 31 heavy (non-hydrogen) atoms. The summed E-state index contributed by atoms with van der Waals surface area (Å²) in [5.41, 5.74) is 2.24. The highest BCUT2D eigenvalue weighted by atomic mass is 32.2. The molecule has 1 amide bonds. The zero-order valence-corrected chi connectivity index (χ0v) is 17.9. The van der Waals surface area contributed by atoms with Crippen LogP contribution < -0.4 is 14.8 Å². The molecule has 1 aliphatic carbocycles. The minimum atomic E-state index is -3.55. The molecule has 160 valence electrons. The zero-order valence-electron chi connectivity index (χ0n) is 17.1. The van der Waals surface area contributed by atoms with E-state index in [-0.39, 0.29) is 22.9 Å². The normalized spacial score (nSPS) is 14.6. The summed E-state index contributed by atoms with van der Waals surface area (Å²) in [6, 6.07) is 22.9. The van der Waals surface area contributed by atoms with Gasteiger partial charge in [0.25, 0.3) is 5.91 Å². The molecule has 0 spiro atoms. The molecule has 0 aromatic heterocycles. The Morgan fingerprint density at radius 2 is 1.52 bits per heavy atom. The van der Waals surface area contributed by atoms with Crippen LogP contribution in [-0.2, 0) is 10.0 Å². The molecular weight excluding hydrogens is 412 g/mol. The van der Waals surface area contributed by atoms with Crippen LogP contribution in [0.25, 0.3) is 0 Å². The third-order valence-corrected chi connectivity index (χ3v) is 6.72. The van der Waals surface area contributed by atoms with Crippen LogP contribution >= 0.6 is 0 Å². The number of benzene rings is 3. The number of sulfonamides is 1. The van der Waals surface area contributed by atoms with Gasteiger partial charge in [-0.2, -0.15) is 0 Å². The van der Waals surface area contributed by atoms with E-state index in [4.69, 9.17) is 4.74 Å². The fourth-order valence-electron chi connectivity index (χ4n) is 3.29. The molecule has 1 unspecified atom stereocenters. The largest absolute Gasteiger partial charge is 0.497 e. The van der Waals surface area contributed by atoms with Gasteiger partial charge in [-0.15, -0.1) is 0 Å². The first kappa shape index (κ1) is 21.1. The Hall–Kier alpha value is -3.16. The molecule has 3 aromatic rings. The van der Waals surface area contributed by atoms with Crippen LogP contribution in [0.3, 0.4) is 0 Å². The average Bonchev–Trinajstić information content (AvgIpc) is 3.61. The van der Waals surface area contributed by atoms with E-state index in [1.165, 1.54) is 24.3 Å². The zero-order chi connectivity index (χ0) is 21.8. The Bertz CT molecular complexity index is 1140. The van der Waals surface area contributed by atoms with Crippen LogP contribution in [0, 0.1) is 0 Å². The monoisotopic (exact) mass is 436 g/mol. The Morgan fingerprint density at radius 3 is 2.10 bits per heavy atom. The fraction of sp³-hybridized carbons (Fsp3) is 0.208. The number of hydrogen-bond donors (Lipinski definition) is 2. The number of nitrogens with one attached hydrogen (secondary N) is 2. The van der Waals surface area contributed by atoms with Crippen LogP contribution in [0.4, 0.5) is 0 Å². The molecule has 7 heteroatoms. The second-order valence-electron chi connectivity index (χ2n) is 7.51. The Morgan fingerprint density at radius 1 is 0.903 bits per heavy atom. The van der Waals surface area contributed by atoms with Crippen molar-refractivity contribution < 1.29 is 17.9 Å². The maximum Gasteiger partial charge on any atom is 0.252 e. The summed E-state index contributed by atoms with van der Waals surface area (Å²) in [5, 5.41) is 3.06. The third-order valence-electron chi connectivity index (χ3n) is 5.18. The second-order valence-corrected chi connectivity index (χ2v) is 9.22. The maximum atomic E-state index is 13.0.